The van der Waals surface area contributed by atoms with E-state index in [1.807, 2.05) is 32.9 Å². The van der Waals surface area contributed by atoms with Crippen LogP contribution in [0.4, 0.5) is 0 Å². The number of benzene rings is 2. The van der Waals surface area contributed by atoms with Crippen LogP contribution < -0.4 is 4.74 Å². The summed E-state index contributed by atoms with van der Waals surface area (Å²) in [6.45, 7) is 7.18. The van der Waals surface area contributed by atoms with Crippen molar-refractivity contribution in [2.45, 2.75) is 42.1 Å². The van der Waals surface area contributed by atoms with Gasteiger partial charge in [0, 0.05) is 0 Å². The molecule has 1 aliphatic heterocycles. The molecule has 128 valence electrons. The predicted molar refractivity (Wildman–Crippen MR) is 92.3 cm³/mol. The van der Waals surface area contributed by atoms with Gasteiger partial charge in [0.05, 0.1) is 16.4 Å². The Labute approximate surface area is 143 Å². The molecule has 1 saturated heterocycles. The van der Waals surface area contributed by atoms with Crippen LogP contribution in [0.1, 0.15) is 26.3 Å². The van der Waals surface area contributed by atoms with Gasteiger partial charge in [0.1, 0.15) is 18.5 Å². The maximum absolute atomic E-state index is 13.1. The summed E-state index contributed by atoms with van der Waals surface area (Å²) in [6.07, 6.45) is 0.131. The van der Waals surface area contributed by atoms with E-state index >= 15 is 0 Å². The predicted octanol–water partition coefficient (Wildman–Crippen LogP) is 3.59. The lowest BCUT2D eigenvalue weighted by Gasteiger charge is -2.22. The van der Waals surface area contributed by atoms with Crippen LogP contribution in [0, 0.1) is 0 Å². The molecule has 3 rings (SSSR count). The van der Waals surface area contributed by atoms with Gasteiger partial charge in [0.2, 0.25) is 9.84 Å². The molecule has 24 heavy (non-hydrogen) atoms. The summed E-state index contributed by atoms with van der Waals surface area (Å²) in [5, 5.41) is 0. The van der Waals surface area contributed by atoms with Crippen LogP contribution in [0.3, 0.4) is 0 Å². The monoisotopic (exact) mass is 346 g/mol. The molecular formula is C19H22O4S. The third-order valence-electron chi connectivity index (χ3n) is 3.94. The van der Waals surface area contributed by atoms with Crippen LogP contribution in [-0.4, -0.2) is 27.7 Å². The van der Waals surface area contributed by atoms with Crippen molar-refractivity contribution in [3.63, 3.8) is 0 Å². The molecule has 5 heteroatoms. The van der Waals surface area contributed by atoms with Crippen LogP contribution in [0.5, 0.6) is 5.75 Å². The molecule has 1 fully saturated rings. The molecule has 0 radical (unpaired) electrons. The second kappa shape index (κ2) is 6.22. The topological polar surface area (TPSA) is 55.9 Å². The number of sulfone groups is 1. The van der Waals surface area contributed by atoms with Crippen LogP contribution in [-0.2, 0) is 20.0 Å². The lowest BCUT2D eigenvalue weighted by atomic mass is 9.87. The Morgan fingerprint density at radius 2 is 1.83 bits per heavy atom. The largest absolute Gasteiger partial charge is 0.491 e. The zero-order chi connectivity index (χ0) is 17.4. The second-order valence-corrected chi connectivity index (χ2v) is 8.91. The van der Waals surface area contributed by atoms with E-state index in [-0.39, 0.29) is 16.4 Å². The van der Waals surface area contributed by atoms with Crippen molar-refractivity contribution < 1.29 is 17.9 Å². The second-order valence-electron chi connectivity index (χ2n) is 6.99. The van der Waals surface area contributed by atoms with Crippen LogP contribution in [0.25, 0.3) is 0 Å². The first-order chi connectivity index (χ1) is 11.3. The Morgan fingerprint density at radius 3 is 2.50 bits per heavy atom. The molecule has 1 atom stereocenters. The summed E-state index contributed by atoms with van der Waals surface area (Å²) in [5.74, 6) is 0.541. The van der Waals surface area contributed by atoms with E-state index in [0.717, 1.165) is 5.56 Å². The van der Waals surface area contributed by atoms with Crippen molar-refractivity contribution in [2.24, 2.45) is 0 Å². The maximum atomic E-state index is 13.1. The molecule has 0 spiro atoms. The minimum absolute atomic E-state index is 0.131. The Balaban J connectivity index is 1.97. The fraction of sp³-hybridized carbons (Fsp3) is 0.368. The lowest BCUT2D eigenvalue weighted by Crippen LogP contribution is -2.17. The molecule has 4 nitrogen and oxygen atoms in total. The smallest absolute Gasteiger partial charge is 0.207 e. The fourth-order valence-corrected chi connectivity index (χ4v) is 4.24. The van der Waals surface area contributed by atoms with E-state index in [1.165, 1.54) is 0 Å². The highest BCUT2D eigenvalue weighted by atomic mass is 32.2. The summed E-state index contributed by atoms with van der Waals surface area (Å²) in [5.41, 5.74) is 0.545. The van der Waals surface area contributed by atoms with E-state index in [4.69, 9.17) is 9.47 Å². The number of hydrogen-bond donors (Lipinski definition) is 0. The van der Waals surface area contributed by atoms with Crippen molar-refractivity contribution in [1.82, 2.24) is 0 Å². The summed E-state index contributed by atoms with van der Waals surface area (Å²) < 4.78 is 37.0. The van der Waals surface area contributed by atoms with Crippen LogP contribution >= 0.6 is 0 Å². The molecule has 2 aromatic carbocycles. The van der Waals surface area contributed by atoms with Gasteiger partial charge in [-0.15, -0.1) is 0 Å². The van der Waals surface area contributed by atoms with E-state index in [9.17, 15) is 8.42 Å². The zero-order valence-electron chi connectivity index (χ0n) is 14.2. The quantitative estimate of drug-likeness (QED) is 0.776. The summed E-state index contributed by atoms with van der Waals surface area (Å²) >= 11 is 0. The molecule has 1 unspecified atom stereocenters. The highest BCUT2D eigenvalue weighted by Gasteiger charge is 2.27. The van der Waals surface area contributed by atoms with Gasteiger partial charge in [0.25, 0.3) is 0 Å². The fourth-order valence-electron chi connectivity index (χ4n) is 2.53. The minimum atomic E-state index is -3.61. The van der Waals surface area contributed by atoms with Gasteiger partial charge in [0.15, 0.2) is 0 Å². The van der Waals surface area contributed by atoms with Crippen molar-refractivity contribution in [1.29, 1.82) is 0 Å². The minimum Gasteiger partial charge on any atom is -0.491 e. The van der Waals surface area contributed by atoms with E-state index in [0.29, 0.717) is 23.9 Å². The zero-order valence-corrected chi connectivity index (χ0v) is 15.0. The standard InChI is InChI=1S/C19H22O4S/c1-19(2,3)17-9-4-5-10-18(17)24(20,21)16-8-6-7-14(11-16)22-12-15-13-23-15/h4-11,15H,12-13H2,1-3H3. The highest BCUT2D eigenvalue weighted by molar-refractivity contribution is 7.91. The van der Waals surface area contributed by atoms with Gasteiger partial charge in [-0.25, -0.2) is 8.42 Å². The molecule has 0 bridgehead atoms. The highest BCUT2D eigenvalue weighted by Crippen LogP contribution is 2.33. The summed E-state index contributed by atoms with van der Waals surface area (Å²) in [6, 6.07) is 13.8. The van der Waals surface area contributed by atoms with E-state index < -0.39 is 9.84 Å². The Bertz CT molecular complexity index is 830. The van der Waals surface area contributed by atoms with Crippen LogP contribution in [0.2, 0.25) is 0 Å². The average Bonchev–Trinajstić information content (AvgIpc) is 3.37. The molecule has 0 aliphatic carbocycles. The lowest BCUT2D eigenvalue weighted by molar-refractivity contribution is 0.262. The first-order valence-electron chi connectivity index (χ1n) is 7.97. The summed E-state index contributed by atoms with van der Waals surface area (Å²) in [7, 11) is -3.61. The normalized spacial score (nSPS) is 17.5. The molecule has 0 aromatic heterocycles. The van der Waals surface area contributed by atoms with Crippen molar-refractivity contribution in [2.75, 3.05) is 13.2 Å². The summed E-state index contributed by atoms with van der Waals surface area (Å²) in [4.78, 5) is 0.591. The number of ether oxygens (including phenoxy) is 2. The first kappa shape index (κ1) is 17.0. The number of epoxide rings is 1. The molecule has 2 aromatic rings. The van der Waals surface area contributed by atoms with Crippen molar-refractivity contribution in [3.8, 4) is 5.75 Å². The maximum Gasteiger partial charge on any atom is 0.207 e. The molecular weight excluding hydrogens is 324 g/mol. The van der Waals surface area contributed by atoms with Gasteiger partial charge in [-0.1, -0.05) is 45.0 Å². The molecule has 1 heterocycles. The Hall–Kier alpha value is -1.85. The van der Waals surface area contributed by atoms with E-state index in [2.05, 4.69) is 0 Å². The Kier molecular flexibility index (Phi) is 4.40. The van der Waals surface area contributed by atoms with Gasteiger partial charge >= 0.3 is 0 Å². The van der Waals surface area contributed by atoms with Gasteiger partial charge in [-0.3, -0.25) is 0 Å². The SMILES string of the molecule is CC(C)(C)c1ccccc1S(=O)(=O)c1cccc(OCC2CO2)c1. The Morgan fingerprint density at radius 1 is 1.12 bits per heavy atom. The van der Waals surface area contributed by atoms with Gasteiger partial charge in [-0.05, 0) is 35.2 Å². The molecule has 0 amide bonds. The van der Waals surface area contributed by atoms with Crippen LogP contribution in [0.15, 0.2) is 58.3 Å². The molecule has 1 aliphatic rings. The molecule has 0 saturated carbocycles. The van der Waals surface area contributed by atoms with Gasteiger partial charge in [-0.2, -0.15) is 0 Å². The number of hydrogen-bond acceptors (Lipinski definition) is 4. The third-order valence-corrected chi connectivity index (χ3v) is 5.75. The van der Waals surface area contributed by atoms with E-state index in [1.54, 1.807) is 36.4 Å². The number of rotatable bonds is 5. The van der Waals surface area contributed by atoms with Crippen molar-refractivity contribution in [3.05, 3.63) is 54.1 Å². The average molecular weight is 346 g/mol. The third kappa shape index (κ3) is 3.62. The van der Waals surface area contributed by atoms with Gasteiger partial charge < -0.3 is 9.47 Å². The van der Waals surface area contributed by atoms with Crippen molar-refractivity contribution >= 4 is 9.84 Å². The first-order valence-corrected chi connectivity index (χ1v) is 9.46. The molecule has 0 N–H and O–H groups in total.